The molecule has 0 spiro atoms. The van der Waals surface area contributed by atoms with Crippen molar-refractivity contribution < 1.29 is 18.7 Å². The van der Waals surface area contributed by atoms with Gasteiger partial charge in [-0.1, -0.05) is 65.4 Å². The fourth-order valence-electron chi connectivity index (χ4n) is 4.41. The van der Waals surface area contributed by atoms with Crippen LogP contribution in [0.15, 0.2) is 93.9 Å². The number of halogens is 2. The van der Waals surface area contributed by atoms with Gasteiger partial charge in [-0.05, 0) is 61.4 Å². The molecule has 0 aliphatic carbocycles. The fraction of sp³-hybridized carbons (Fsp3) is 0.167. The Bertz CT molecular complexity index is 1760. The number of allylic oxidation sites excluding steroid dienone is 1. The van der Waals surface area contributed by atoms with E-state index < -0.39 is 17.8 Å². The molecule has 0 unspecified atom stereocenters. The van der Waals surface area contributed by atoms with Crippen molar-refractivity contribution in [3.63, 3.8) is 0 Å². The summed E-state index contributed by atoms with van der Waals surface area (Å²) in [6.07, 6.45) is 1.75. The summed E-state index contributed by atoms with van der Waals surface area (Å²) < 4.78 is 27.0. The third kappa shape index (κ3) is 5.57. The third-order valence-corrected chi connectivity index (χ3v) is 7.41. The zero-order valence-electron chi connectivity index (χ0n) is 21.2. The van der Waals surface area contributed by atoms with Gasteiger partial charge in [0.05, 0.1) is 28.5 Å². The van der Waals surface area contributed by atoms with Crippen LogP contribution in [0.25, 0.3) is 6.08 Å². The van der Waals surface area contributed by atoms with Crippen molar-refractivity contribution >= 4 is 35.0 Å². The van der Waals surface area contributed by atoms with E-state index in [-0.39, 0.29) is 17.7 Å². The predicted molar refractivity (Wildman–Crippen MR) is 149 cm³/mol. The van der Waals surface area contributed by atoms with Gasteiger partial charge >= 0.3 is 5.97 Å². The van der Waals surface area contributed by atoms with Crippen molar-refractivity contribution in [1.29, 1.82) is 0 Å². The molecule has 4 aromatic rings. The number of carbonyl (C=O) groups is 1. The Morgan fingerprint density at radius 2 is 1.90 bits per heavy atom. The van der Waals surface area contributed by atoms with Crippen molar-refractivity contribution in [1.82, 2.24) is 4.57 Å². The number of hydrogen-bond donors (Lipinski definition) is 0. The molecule has 0 N–H and O–H groups in total. The Morgan fingerprint density at radius 1 is 1.13 bits per heavy atom. The Labute approximate surface area is 232 Å². The maximum absolute atomic E-state index is 13.8. The van der Waals surface area contributed by atoms with Gasteiger partial charge in [0, 0.05) is 10.6 Å². The highest BCUT2D eigenvalue weighted by Crippen LogP contribution is 2.31. The molecule has 0 radical (unpaired) electrons. The van der Waals surface area contributed by atoms with Crippen LogP contribution in [-0.4, -0.2) is 17.1 Å². The Kier molecular flexibility index (Phi) is 7.77. The lowest BCUT2D eigenvalue weighted by atomic mass is 9.96. The number of rotatable bonds is 7. The zero-order chi connectivity index (χ0) is 27.5. The first-order valence-electron chi connectivity index (χ1n) is 12.3. The second-order valence-corrected chi connectivity index (χ2v) is 10.3. The van der Waals surface area contributed by atoms with Gasteiger partial charge in [0.15, 0.2) is 4.80 Å². The van der Waals surface area contributed by atoms with Crippen molar-refractivity contribution in [2.45, 2.75) is 26.5 Å². The van der Waals surface area contributed by atoms with Crippen LogP contribution in [-0.2, 0) is 16.1 Å². The number of hydrogen-bond acceptors (Lipinski definition) is 6. The van der Waals surface area contributed by atoms with E-state index in [1.54, 1.807) is 38.1 Å². The second kappa shape index (κ2) is 11.4. The number of ether oxygens (including phenoxy) is 2. The number of benzene rings is 3. The number of aromatic nitrogens is 1. The van der Waals surface area contributed by atoms with Gasteiger partial charge in [-0.25, -0.2) is 14.2 Å². The minimum absolute atomic E-state index is 0.169. The largest absolute Gasteiger partial charge is 0.488 e. The smallest absolute Gasteiger partial charge is 0.338 e. The number of nitrogens with zero attached hydrogens (tertiary/aromatic N) is 2. The third-order valence-electron chi connectivity index (χ3n) is 6.19. The lowest BCUT2D eigenvalue weighted by Gasteiger charge is -2.24. The SMILES string of the molecule is CCOC(=O)C1=C(C)N=c2s/c(=C\c3ccccc3OCc3cccc(Cl)c3)c(=O)n2[C@H]1c1ccc(F)cc1. The van der Waals surface area contributed by atoms with E-state index in [1.165, 1.54) is 28.0 Å². The molecular formula is C30H24ClFN2O4S. The summed E-state index contributed by atoms with van der Waals surface area (Å²) in [7, 11) is 0. The topological polar surface area (TPSA) is 69.9 Å². The van der Waals surface area contributed by atoms with Gasteiger partial charge in [0.25, 0.3) is 5.56 Å². The lowest BCUT2D eigenvalue weighted by Crippen LogP contribution is -2.39. The minimum Gasteiger partial charge on any atom is -0.488 e. The fourth-order valence-corrected chi connectivity index (χ4v) is 5.66. The van der Waals surface area contributed by atoms with E-state index in [1.807, 2.05) is 42.5 Å². The lowest BCUT2D eigenvalue weighted by molar-refractivity contribution is -0.139. The molecule has 0 bridgehead atoms. The summed E-state index contributed by atoms with van der Waals surface area (Å²) in [5.41, 5.74) is 2.56. The molecular weight excluding hydrogens is 539 g/mol. The van der Waals surface area contributed by atoms with E-state index in [9.17, 15) is 14.0 Å². The number of fused-ring (bicyclic) bond motifs is 1. The average Bonchev–Trinajstić information content (AvgIpc) is 3.22. The Hall–Kier alpha value is -4.01. The maximum Gasteiger partial charge on any atom is 0.338 e. The van der Waals surface area contributed by atoms with Crippen molar-refractivity contribution in [3.05, 3.63) is 131 Å². The van der Waals surface area contributed by atoms with E-state index in [0.717, 1.165) is 5.56 Å². The first-order valence-corrected chi connectivity index (χ1v) is 13.5. The molecule has 0 amide bonds. The average molecular weight is 563 g/mol. The summed E-state index contributed by atoms with van der Waals surface area (Å²) >= 11 is 7.31. The van der Waals surface area contributed by atoms with E-state index in [4.69, 9.17) is 21.1 Å². The molecule has 2 heterocycles. The summed E-state index contributed by atoms with van der Waals surface area (Å²) in [6, 6.07) is 19.7. The van der Waals surface area contributed by atoms with Crippen LogP contribution in [0.4, 0.5) is 4.39 Å². The molecule has 1 aliphatic rings. The zero-order valence-corrected chi connectivity index (χ0v) is 22.8. The van der Waals surface area contributed by atoms with Crippen molar-refractivity contribution in [2.75, 3.05) is 6.61 Å². The summed E-state index contributed by atoms with van der Waals surface area (Å²) in [5, 5.41) is 0.624. The number of thiazole rings is 1. The number of esters is 1. The second-order valence-electron chi connectivity index (χ2n) is 8.81. The number of carbonyl (C=O) groups excluding carboxylic acids is 1. The van der Waals surface area contributed by atoms with Crippen LogP contribution >= 0.6 is 22.9 Å². The van der Waals surface area contributed by atoms with Gasteiger partial charge < -0.3 is 9.47 Å². The normalized spacial score (nSPS) is 15.1. The summed E-state index contributed by atoms with van der Waals surface area (Å²) in [4.78, 5) is 31.8. The minimum atomic E-state index is -0.808. The highest BCUT2D eigenvalue weighted by Gasteiger charge is 2.33. The quantitative estimate of drug-likeness (QED) is 0.291. The van der Waals surface area contributed by atoms with Crippen LogP contribution in [0.1, 0.15) is 36.6 Å². The van der Waals surface area contributed by atoms with Crippen LogP contribution < -0.4 is 19.6 Å². The first-order chi connectivity index (χ1) is 18.9. The molecule has 6 nitrogen and oxygen atoms in total. The molecule has 1 aromatic heterocycles. The molecule has 0 saturated heterocycles. The number of para-hydroxylation sites is 1. The molecule has 9 heteroatoms. The standard InChI is InChI=1S/C30H24ClFN2O4S/c1-3-37-29(36)26-18(2)33-30-34(27(26)20-11-13-23(32)14-12-20)28(35)25(39-30)16-21-8-4-5-10-24(21)38-17-19-7-6-9-22(31)15-19/h4-16,27H,3,17H2,1-2H3/b25-16-/t27-/m0/s1. The molecule has 3 aromatic carbocycles. The summed E-state index contributed by atoms with van der Waals surface area (Å²) in [6.45, 7) is 3.89. The van der Waals surface area contributed by atoms with Crippen molar-refractivity contribution in [2.24, 2.45) is 4.99 Å². The molecule has 0 saturated carbocycles. The molecule has 1 aliphatic heterocycles. The van der Waals surface area contributed by atoms with Gasteiger partial charge in [-0.3, -0.25) is 9.36 Å². The Morgan fingerprint density at radius 3 is 2.64 bits per heavy atom. The molecule has 1 atom stereocenters. The van der Waals surface area contributed by atoms with Crippen molar-refractivity contribution in [3.8, 4) is 5.75 Å². The Balaban J connectivity index is 1.59. The maximum atomic E-state index is 13.8. The van der Waals surface area contributed by atoms with E-state index in [0.29, 0.717) is 43.5 Å². The predicted octanol–water partition coefficient (Wildman–Crippen LogP) is 5.17. The van der Waals surface area contributed by atoms with Crippen LogP contribution in [0.2, 0.25) is 5.02 Å². The molecule has 198 valence electrons. The molecule has 5 rings (SSSR count). The van der Waals surface area contributed by atoms with Gasteiger partial charge in [0.2, 0.25) is 0 Å². The summed E-state index contributed by atoms with van der Waals surface area (Å²) in [5.74, 6) is -0.386. The molecule has 0 fully saturated rings. The van der Waals surface area contributed by atoms with Gasteiger partial charge in [-0.15, -0.1) is 0 Å². The van der Waals surface area contributed by atoms with Crippen LogP contribution in [0, 0.1) is 5.82 Å². The van der Waals surface area contributed by atoms with Gasteiger partial charge in [-0.2, -0.15) is 0 Å². The monoisotopic (exact) mass is 562 g/mol. The van der Waals surface area contributed by atoms with Gasteiger partial charge in [0.1, 0.15) is 18.2 Å². The highest BCUT2D eigenvalue weighted by molar-refractivity contribution is 7.07. The first kappa shape index (κ1) is 26.6. The van der Waals surface area contributed by atoms with Crippen LogP contribution in [0.5, 0.6) is 5.75 Å². The highest BCUT2D eigenvalue weighted by atomic mass is 35.5. The van der Waals surface area contributed by atoms with Crippen LogP contribution in [0.3, 0.4) is 0 Å². The van der Waals surface area contributed by atoms with E-state index in [2.05, 4.69) is 4.99 Å². The molecule has 39 heavy (non-hydrogen) atoms. The van der Waals surface area contributed by atoms with E-state index >= 15 is 0 Å².